The van der Waals surface area contributed by atoms with Crippen LogP contribution in [0.2, 0.25) is 10.0 Å². The summed E-state index contributed by atoms with van der Waals surface area (Å²) < 4.78 is 12.6. The molecule has 0 N–H and O–H groups in total. The molecule has 0 saturated carbocycles. The highest BCUT2D eigenvalue weighted by Gasteiger charge is 2.28. The molecule has 196 valence electrons. The number of rotatable bonds is 7. The number of amides is 1. The van der Waals surface area contributed by atoms with Crippen molar-refractivity contribution in [3.05, 3.63) is 94.1 Å². The van der Waals surface area contributed by atoms with Crippen LogP contribution in [0.25, 0.3) is 16.9 Å². The van der Waals surface area contributed by atoms with Crippen molar-refractivity contribution in [2.24, 2.45) is 5.92 Å². The molecule has 8 heteroatoms. The summed E-state index contributed by atoms with van der Waals surface area (Å²) in [5, 5.41) is 5.65. The number of carbonyl (C=O) groups excluding carboxylic acids is 1. The second kappa shape index (κ2) is 11.5. The van der Waals surface area contributed by atoms with Gasteiger partial charge in [0.1, 0.15) is 17.2 Å². The lowest BCUT2D eigenvalue weighted by molar-refractivity contribution is 0.0681. The van der Waals surface area contributed by atoms with Gasteiger partial charge in [0, 0.05) is 24.7 Å². The standard InChI is InChI=1S/C30H29Cl2N3O3/c1-37-23-9-10-24(29(18-23)38-2)27-19-28(35(33-27)22-8-11-25(31)26(32)17-22)30(36)34-14-12-21(13-15-34)16-20-6-4-3-5-7-20/h3-11,17-19,21H,12-16H2,1-2H3. The molecular formula is C30H29Cl2N3O3. The Morgan fingerprint density at radius 1 is 0.921 bits per heavy atom. The van der Waals surface area contributed by atoms with Crippen LogP contribution in [0.4, 0.5) is 0 Å². The molecule has 0 bridgehead atoms. The van der Waals surface area contributed by atoms with Crippen LogP contribution in [0.3, 0.4) is 0 Å². The highest BCUT2D eigenvalue weighted by atomic mass is 35.5. The van der Waals surface area contributed by atoms with Gasteiger partial charge in [0.25, 0.3) is 5.91 Å². The van der Waals surface area contributed by atoms with E-state index in [0.717, 1.165) is 24.8 Å². The Balaban J connectivity index is 1.45. The van der Waals surface area contributed by atoms with Crippen LogP contribution in [-0.4, -0.2) is 47.9 Å². The molecular weight excluding hydrogens is 521 g/mol. The van der Waals surface area contributed by atoms with Gasteiger partial charge in [-0.3, -0.25) is 4.79 Å². The van der Waals surface area contributed by atoms with Crippen LogP contribution < -0.4 is 9.47 Å². The lowest BCUT2D eigenvalue weighted by Gasteiger charge is -2.32. The molecule has 0 aliphatic carbocycles. The molecule has 6 nitrogen and oxygen atoms in total. The van der Waals surface area contributed by atoms with E-state index in [1.54, 1.807) is 43.2 Å². The number of methoxy groups -OCH3 is 2. The van der Waals surface area contributed by atoms with Crippen molar-refractivity contribution in [3.63, 3.8) is 0 Å². The first-order chi connectivity index (χ1) is 18.5. The van der Waals surface area contributed by atoms with Crippen LogP contribution in [0.5, 0.6) is 11.5 Å². The number of piperidine rings is 1. The summed E-state index contributed by atoms with van der Waals surface area (Å²) in [6, 6.07) is 23.1. The van der Waals surface area contributed by atoms with Crippen molar-refractivity contribution in [2.45, 2.75) is 19.3 Å². The zero-order chi connectivity index (χ0) is 26.6. The van der Waals surface area contributed by atoms with Crippen molar-refractivity contribution >= 4 is 29.1 Å². The normalized spacial score (nSPS) is 13.9. The number of benzene rings is 3. The molecule has 1 aliphatic heterocycles. The minimum atomic E-state index is -0.0690. The van der Waals surface area contributed by atoms with E-state index in [2.05, 4.69) is 24.3 Å². The number of halogens is 2. The fraction of sp³-hybridized carbons (Fsp3) is 0.267. The van der Waals surface area contributed by atoms with Crippen molar-refractivity contribution in [3.8, 4) is 28.4 Å². The maximum absolute atomic E-state index is 13.9. The van der Waals surface area contributed by atoms with Gasteiger partial charge in [-0.2, -0.15) is 5.10 Å². The minimum Gasteiger partial charge on any atom is -0.497 e. The summed E-state index contributed by atoms with van der Waals surface area (Å²) in [5.74, 6) is 1.76. The zero-order valence-electron chi connectivity index (χ0n) is 21.4. The second-order valence-corrected chi connectivity index (χ2v) is 10.2. The molecule has 0 spiro atoms. The van der Waals surface area contributed by atoms with E-state index in [1.807, 2.05) is 29.2 Å². The van der Waals surface area contributed by atoms with Crippen molar-refractivity contribution < 1.29 is 14.3 Å². The molecule has 1 fully saturated rings. The Kier molecular flexibility index (Phi) is 7.91. The number of nitrogens with zero attached hydrogens (tertiary/aromatic N) is 3. The van der Waals surface area contributed by atoms with Gasteiger partial charge in [0.05, 0.1) is 35.6 Å². The maximum Gasteiger partial charge on any atom is 0.272 e. The van der Waals surface area contributed by atoms with Crippen LogP contribution in [0, 0.1) is 5.92 Å². The topological polar surface area (TPSA) is 56.6 Å². The molecule has 4 aromatic rings. The predicted molar refractivity (Wildman–Crippen MR) is 151 cm³/mol. The molecule has 1 amide bonds. The van der Waals surface area contributed by atoms with Gasteiger partial charge in [0.15, 0.2) is 0 Å². The van der Waals surface area contributed by atoms with Gasteiger partial charge in [-0.05, 0) is 67.1 Å². The van der Waals surface area contributed by atoms with E-state index in [0.29, 0.717) is 57.6 Å². The summed E-state index contributed by atoms with van der Waals surface area (Å²) in [7, 11) is 3.20. The fourth-order valence-corrected chi connectivity index (χ4v) is 5.23. The highest BCUT2D eigenvalue weighted by molar-refractivity contribution is 6.42. The van der Waals surface area contributed by atoms with Gasteiger partial charge >= 0.3 is 0 Å². The molecule has 1 aromatic heterocycles. The third kappa shape index (κ3) is 5.52. The number of ether oxygens (including phenoxy) is 2. The number of likely N-dealkylation sites (tertiary alicyclic amines) is 1. The van der Waals surface area contributed by atoms with E-state index < -0.39 is 0 Å². The molecule has 1 aliphatic rings. The average molecular weight is 550 g/mol. The van der Waals surface area contributed by atoms with Crippen molar-refractivity contribution in [1.82, 2.24) is 14.7 Å². The molecule has 0 atom stereocenters. The van der Waals surface area contributed by atoms with Gasteiger partial charge in [0.2, 0.25) is 0 Å². The third-order valence-corrected chi connectivity index (χ3v) is 7.77. The van der Waals surface area contributed by atoms with E-state index in [4.69, 9.17) is 37.8 Å². The first-order valence-electron chi connectivity index (χ1n) is 12.6. The molecule has 38 heavy (non-hydrogen) atoms. The molecule has 3 aromatic carbocycles. The van der Waals surface area contributed by atoms with Crippen LogP contribution in [-0.2, 0) is 6.42 Å². The van der Waals surface area contributed by atoms with E-state index in [-0.39, 0.29) is 5.91 Å². The van der Waals surface area contributed by atoms with Crippen molar-refractivity contribution in [2.75, 3.05) is 27.3 Å². The predicted octanol–water partition coefficient (Wildman–Crippen LogP) is 6.96. The first-order valence-corrected chi connectivity index (χ1v) is 13.3. The molecule has 1 saturated heterocycles. The van der Waals surface area contributed by atoms with Gasteiger partial charge in [-0.1, -0.05) is 53.5 Å². The number of hydrogen-bond donors (Lipinski definition) is 0. The number of hydrogen-bond acceptors (Lipinski definition) is 4. The fourth-order valence-electron chi connectivity index (χ4n) is 4.94. The lowest BCUT2D eigenvalue weighted by Crippen LogP contribution is -2.39. The number of carbonyl (C=O) groups is 1. The number of aromatic nitrogens is 2. The summed E-state index contributed by atoms with van der Waals surface area (Å²) in [6.07, 6.45) is 2.95. The lowest BCUT2D eigenvalue weighted by atomic mass is 9.90. The molecule has 0 radical (unpaired) electrons. The smallest absolute Gasteiger partial charge is 0.272 e. The molecule has 5 rings (SSSR count). The van der Waals surface area contributed by atoms with Crippen LogP contribution in [0.15, 0.2) is 72.8 Å². The third-order valence-electron chi connectivity index (χ3n) is 7.03. The Labute approximate surface area is 232 Å². The maximum atomic E-state index is 13.9. The van der Waals surface area contributed by atoms with E-state index in [1.165, 1.54) is 5.56 Å². The zero-order valence-corrected chi connectivity index (χ0v) is 22.9. The average Bonchev–Trinajstić information content (AvgIpc) is 3.40. The van der Waals surface area contributed by atoms with E-state index in [9.17, 15) is 4.79 Å². The largest absolute Gasteiger partial charge is 0.497 e. The van der Waals surface area contributed by atoms with E-state index >= 15 is 0 Å². The quantitative estimate of drug-likeness (QED) is 0.250. The summed E-state index contributed by atoms with van der Waals surface area (Å²) >= 11 is 12.5. The Morgan fingerprint density at radius 2 is 1.68 bits per heavy atom. The SMILES string of the molecule is COc1ccc(-c2cc(C(=O)N3CCC(Cc4ccccc4)CC3)n(-c3ccc(Cl)c(Cl)c3)n2)c(OC)c1. The first kappa shape index (κ1) is 26.1. The van der Waals surface area contributed by atoms with Crippen LogP contribution in [0.1, 0.15) is 28.9 Å². The Bertz CT molecular complexity index is 1430. The van der Waals surface area contributed by atoms with Gasteiger partial charge < -0.3 is 14.4 Å². The molecule has 2 heterocycles. The second-order valence-electron chi connectivity index (χ2n) is 9.42. The van der Waals surface area contributed by atoms with Gasteiger partial charge in [-0.25, -0.2) is 4.68 Å². The minimum absolute atomic E-state index is 0.0690. The van der Waals surface area contributed by atoms with Gasteiger partial charge in [-0.15, -0.1) is 0 Å². The summed E-state index contributed by atoms with van der Waals surface area (Å²) in [6.45, 7) is 1.40. The van der Waals surface area contributed by atoms with Crippen LogP contribution >= 0.6 is 23.2 Å². The Morgan fingerprint density at radius 3 is 2.37 bits per heavy atom. The monoisotopic (exact) mass is 549 g/mol. The van der Waals surface area contributed by atoms with Crippen molar-refractivity contribution in [1.29, 1.82) is 0 Å². The molecule has 0 unspecified atom stereocenters. The summed E-state index contributed by atoms with van der Waals surface area (Å²) in [5.41, 5.74) is 3.81. The summed E-state index contributed by atoms with van der Waals surface area (Å²) in [4.78, 5) is 15.8. The Hall–Kier alpha value is -3.48. The highest BCUT2D eigenvalue weighted by Crippen LogP contribution is 2.35.